The summed E-state index contributed by atoms with van der Waals surface area (Å²) in [6, 6.07) is 3.27. The zero-order chi connectivity index (χ0) is 11.3. The van der Waals surface area contributed by atoms with Gasteiger partial charge in [-0.15, -0.1) is 0 Å². The highest BCUT2D eigenvalue weighted by Gasteiger charge is 2.15. The second-order valence-corrected chi connectivity index (χ2v) is 3.70. The molecule has 0 fully saturated rings. The summed E-state index contributed by atoms with van der Waals surface area (Å²) in [5.74, 6) is 0.198. The summed E-state index contributed by atoms with van der Waals surface area (Å²) in [5.41, 5.74) is -0.337. The predicted octanol–water partition coefficient (Wildman–Crippen LogP) is 2.48. The summed E-state index contributed by atoms with van der Waals surface area (Å²) < 4.78 is 17.9. The van der Waals surface area contributed by atoms with Gasteiger partial charge in [-0.2, -0.15) is 11.8 Å². The first kappa shape index (κ1) is 11.8. The van der Waals surface area contributed by atoms with E-state index in [1.165, 1.54) is 6.07 Å². The van der Waals surface area contributed by atoms with E-state index in [1.54, 1.807) is 11.8 Å². The average Bonchev–Trinajstić information content (AvgIpc) is 2.20. The van der Waals surface area contributed by atoms with E-state index >= 15 is 0 Å². The van der Waals surface area contributed by atoms with Crippen LogP contribution in [0.25, 0.3) is 0 Å². The normalized spacial score (nSPS) is 10.0. The van der Waals surface area contributed by atoms with Crippen molar-refractivity contribution in [2.45, 2.75) is 0 Å². The van der Waals surface area contributed by atoms with Crippen molar-refractivity contribution in [3.05, 3.63) is 34.1 Å². The lowest BCUT2D eigenvalue weighted by Crippen LogP contribution is -2.02. The number of nitro groups is 1. The molecule has 15 heavy (non-hydrogen) atoms. The molecule has 1 aromatic carbocycles. The first-order valence-corrected chi connectivity index (χ1v) is 5.60. The van der Waals surface area contributed by atoms with Crippen molar-refractivity contribution >= 4 is 17.4 Å². The number of ether oxygens (including phenoxy) is 1. The molecular formula is C9H10FNO3S. The maximum Gasteiger partial charge on any atom is 0.313 e. The quantitative estimate of drug-likeness (QED) is 0.444. The second kappa shape index (κ2) is 5.55. The van der Waals surface area contributed by atoms with Crippen LogP contribution in [0.15, 0.2) is 18.2 Å². The van der Waals surface area contributed by atoms with E-state index < -0.39 is 10.7 Å². The van der Waals surface area contributed by atoms with Crippen LogP contribution in [0.2, 0.25) is 0 Å². The van der Waals surface area contributed by atoms with E-state index in [2.05, 4.69) is 0 Å². The van der Waals surface area contributed by atoms with Gasteiger partial charge in [0.25, 0.3) is 0 Å². The molecule has 0 saturated heterocycles. The number of nitrogens with zero attached hydrogens (tertiary/aromatic N) is 1. The van der Waals surface area contributed by atoms with E-state index in [0.717, 1.165) is 17.9 Å². The molecule has 0 atom stereocenters. The Morgan fingerprint density at radius 2 is 2.33 bits per heavy atom. The van der Waals surface area contributed by atoms with Crippen molar-refractivity contribution in [2.75, 3.05) is 18.6 Å². The fraction of sp³-hybridized carbons (Fsp3) is 0.333. The summed E-state index contributed by atoms with van der Waals surface area (Å²) >= 11 is 1.57. The summed E-state index contributed by atoms with van der Waals surface area (Å²) in [6.45, 7) is 0.369. The van der Waals surface area contributed by atoms with Gasteiger partial charge in [-0.1, -0.05) is 0 Å². The van der Waals surface area contributed by atoms with E-state index in [1.807, 2.05) is 6.26 Å². The van der Waals surface area contributed by atoms with Crippen LogP contribution in [0.4, 0.5) is 10.1 Å². The van der Waals surface area contributed by atoms with Gasteiger partial charge in [0.15, 0.2) is 5.75 Å². The monoisotopic (exact) mass is 231 g/mol. The van der Waals surface area contributed by atoms with Crippen LogP contribution in [0.3, 0.4) is 0 Å². The molecule has 0 aromatic heterocycles. The Labute approximate surface area is 90.6 Å². The Balaban J connectivity index is 2.81. The molecule has 0 radical (unpaired) electrons. The lowest BCUT2D eigenvalue weighted by molar-refractivity contribution is -0.386. The molecule has 82 valence electrons. The number of thioether (sulfide) groups is 1. The Morgan fingerprint density at radius 1 is 1.60 bits per heavy atom. The van der Waals surface area contributed by atoms with Crippen LogP contribution < -0.4 is 4.74 Å². The topological polar surface area (TPSA) is 52.4 Å². The minimum atomic E-state index is -0.655. The fourth-order valence-corrected chi connectivity index (χ4v) is 1.24. The zero-order valence-electron chi connectivity index (χ0n) is 8.10. The zero-order valence-corrected chi connectivity index (χ0v) is 8.92. The number of nitro benzene ring substituents is 1. The van der Waals surface area contributed by atoms with Gasteiger partial charge in [0, 0.05) is 5.75 Å². The van der Waals surface area contributed by atoms with Gasteiger partial charge in [0.05, 0.1) is 17.6 Å². The van der Waals surface area contributed by atoms with Gasteiger partial charge in [-0.3, -0.25) is 10.1 Å². The smallest absolute Gasteiger partial charge is 0.313 e. The maximum atomic E-state index is 12.7. The van der Waals surface area contributed by atoms with Crippen molar-refractivity contribution < 1.29 is 14.1 Å². The third-order valence-electron chi connectivity index (χ3n) is 1.66. The van der Waals surface area contributed by atoms with Crippen molar-refractivity contribution in [1.82, 2.24) is 0 Å². The SMILES string of the molecule is CSCCOc1ccc(F)cc1[N+](=O)[O-]. The van der Waals surface area contributed by atoms with Crippen molar-refractivity contribution in [3.8, 4) is 5.75 Å². The molecular weight excluding hydrogens is 221 g/mol. The number of halogens is 1. The maximum absolute atomic E-state index is 12.7. The van der Waals surface area contributed by atoms with Gasteiger partial charge in [-0.05, 0) is 18.4 Å². The highest BCUT2D eigenvalue weighted by molar-refractivity contribution is 7.98. The molecule has 0 spiro atoms. The van der Waals surface area contributed by atoms with Crippen LogP contribution >= 0.6 is 11.8 Å². The molecule has 0 amide bonds. The van der Waals surface area contributed by atoms with Crippen LogP contribution in [0, 0.1) is 15.9 Å². The number of rotatable bonds is 5. The lowest BCUT2D eigenvalue weighted by atomic mass is 10.3. The molecule has 4 nitrogen and oxygen atoms in total. The second-order valence-electron chi connectivity index (χ2n) is 2.71. The first-order valence-electron chi connectivity index (χ1n) is 4.21. The number of hydrogen-bond donors (Lipinski definition) is 0. The molecule has 0 N–H and O–H groups in total. The molecule has 6 heteroatoms. The fourth-order valence-electron chi connectivity index (χ4n) is 0.990. The summed E-state index contributed by atoms with van der Waals surface area (Å²) in [4.78, 5) is 9.91. The van der Waals surface area contributed by atoms with Crippen molar-refractivity contribution in [3.63, 3.8) is 0 Å². The Bertz CT molecular complexity index is 359. The van der Waals surface area contributed by atoms with E-state index in [4.69, 9.17) is 4.74 Å². The predicted molar refractivity (Wildman–Crippen MR) is 56.9 cm³/mol. The van der Waals surface area contributed by atoms with Crippen molar-refractivity contribution in [1.29, 1.82) is 0 Å². The molecule has 0 unspecified atom stereocenters. The average molecular weight is 231 g/mol. The Hall–Kier alpha value is -1.30. The van der Waals surface area contributed by atoms with Crippen molar-refractivity contribution in [2.24, 2.45) is 0 Å². The Morgan fingerprint density at radius 3 is 2.93 bits per heavy atom. The highest BCUT2D eigenvalue weighted by Crippen LogP contribution is 2.27. The van der Waals surface area contributed by atoms with Crippen LogP contribution in [-0.2, 0) is 0 Å². The molecule has 1 rings (SSSR count). The summed E-state index contributed by atoms with van der Waals surface area (Å²) in [6.07, 6.45) is 1.91. The summed E-state index contributed by atoms with van der Waals surface area (Å²) in [5, 5.41) is 10.6. The third-order valence-corrected chi connectivity index (χ3v) is 2.24. The van der Waals surface area contributed by atoms with Gasteiger partial charge in [0.1, 0.15) is 5.82 Å². The largest absolute Gasteiger partial charge is 0.486 e. The van der Waals surface area contributed by atoms with E-state index in [9.17, 15) is 14.5 Å². The molecule has 0 saturated carbocycles. The van der Waals surface area contributed by atoms with Crippen LogP contribution in [-0.4, -0.2) is 23.5 Å². The minimum Gasteiger partial charge on any atom is -0.486 e. The molecule has 0 bridgehead atoms. The third kappa shape index (κ3) is 3.39. The lowest BCUT2D eigenvalue weighted by Gasteiger charge is -2.05. The number of benzene rings is 1. The van der Waals surface area contributed by atoms with Gasteiger partial charge in [-0.25, -0.2) is 4.39 Å². The van der Waals surface area contributed by atoms with Crippen LogP contribution in [0.1, 0.15) is 0 Å². The molecule has 0 aliphatic carbocycles. The highest BCUT2D eigenvalue weighted by atomic mass is 32.2. The van der Waals surface area contributed by atoms with Gasteiger partial charge < -0.3 is 4.74 Å². The van der Waals surface area contributed by atoms with Gasteiger partial charge in [0.2, 0.25) is 0 Å². The van der Waals surface area contributed by atoms with E-state index in [0.29, 0.717) is 6.61 Å². The van der Waals surface area contributed by atoms with Gasteiger partial charge >= 0.3 is 5.69 Å². The first-order chi connectivity index (χ1) is 7.15. The number of hydrogen-bond acceptors (Lipinski definition) is 4. The molecule has 0 aliphatic rings. The standard InChI is InChI=1S/C9H10FNO3S/c1-15-5-4-14-9-3-2-7(10)6-8(9)11(12)13/h2-3,6H,4-5H2,1H3. The summed E-state index contributed by atoms with van der Waals surface area (Å²) in [7, 11) is 0. The molecule has 0 heterocycles. The Kier molecular flexibility index (Phi) is 4.36. The minimum absolute atomic E-state index is 0.107. The molecule has 0 aliphatic heterocycles. The van der Waals surface area contributed by atoms with Crippen LogP contribution in [0.5, 0.6) is 5.75 Å². The molecule has 1 aromatic rings. The van der Waals surface area contributed by atoms with E-state index in [-0.39, 0.29) is 11.4 Å².